The van der Waals surface area contributed by atoms with Gasteiger partial charge >= 0.3 is 6.03 Å². The lowest BCUT2D eigenvalue weighted by Crippen LogP contribution is -2.34. The number of nitrogens with zero attached hydrogens (tertiary/aromatic N) is 1. The van der Waals surface area contributed by atoms with Crippen molar-refractivity contribution in [2.45, 2.75) is 13.0 Å². The number of ether oxygens (including phenoxy) is 3. The van der Waals surface area contributed by atoms with Gasteiger partial charge in [0.05, 0.1) is 27.0 Å². The number of nitrogens with one attached hydrogen (secondary N) is 2. The van der Waals surface area contributed by atoms with Gasteiger partial charge in [-0.15, -0.1) is 0 Å². The summed E-state index contributed by atoms with van der Waals surface area (Å²) in [4.78, 5) is 26.3. The Bertz CT molecular complexity index is 910. The summed E-state index contributed by atoms with van der Waals surface area (Å²) in [7, 11) is 4.49. The van der Waals surface area contributed by atoms with Crippen LogP contribution in [0.4, 0.5) is 14.9 Å². The van der Waals surface area contributed by atoms with Gasteiger partial charge in [0.2, 0.25) is 11.7 Å². The quantitative estimate of drug-likeness (QED) is 0.671. The molecule has 8 nitrogen and oxygen atoms in total. The van der Waals surface area contributed by atoms with Crippen LogP contribution in [-0.2, 0) is 11.3 Å². The van der Waals surface area contributed by atoms with E-state index in [2.05, 4.69) is 10.6 Å². The van der Waals surface area contributed by atoms with Gasteiger partial charge in [-0.2, -0.15) is 0 Å². The fourth-order valence-corrected chi connectivity index (χ4v) is 3.52. The van der Waals surface area contributed by atoms with Gasteiger partial charge in [-0.1, -0.05) is 12.1 Å². The highest BCUT2D eigenvalue weighted by Gasteiger charge is 2.29. The van der Waals surface area contributed by atoms with E-state index in [1.54, 1.807) is 29.2 Å². The summed E-state index contributed by atoms with van der Waals surface area (Å²) in [5.41, 5.74) is 1.34. The average Bonchev–Trinajstić information content (AvgIpc) is 3.12. The summed E-state index contributed by atoms with van der Waals surface area (Å²) in [6.45, 7) is 1.30. The number of likely N-dealkylation sites (tertiary alicyclic amines) is 1. The highest BCUT2D eigenvalue weighted by Crippen LogP contribution is 2.39. The highest BCUT2D eigenvalue weighted by molar-refractivity contribution is 5.90. The van der Waals surface area contributed by atoms with E-state index in [1.165, 1.54) is 33.5 Å². The molecule has 2 aromatic carbocycles. The molecule has 1 atom stereocenters. The molecule has 166 valence electrons. The third-order valence-corrected chi connectivity index (χ3v) is 5.06. The lowest BCUT2D eigenvalue weighted by atomic mass is 10.1. The molecular formula is C22H26FN3O5. The largest absolute Gasteiger partial charge is 0.493 e. The van der Waals surface area contributed by atoms with Gasteiger partial charge in [-0.3, -0.25) is 4.79 Å². The van der Waals surface area contributed by atoms with Crippen LogP contribution in [0.2, 0.25) is 0 Å². The number of hydrogen-bond donors (Lipinski definition) is 2. The zero-order chi connectivity index (χ0) is 22.4. The van der Waals surface area contributed by atoms with Gasteiger partial charge in [0.15, 0.2) is 11.5 Å². The van der Waals surface area contributed by atoms with E-state index in [0.29, 0.717) is 49.0 Å². The van der Waals surface area contributed by atoms with Crippen LogP contribution in [0.15, 0.2) is 36.4 Å². The maximum absolute atomic E-state index is 13.0. The molecular weight excluding hydrogens is 405 g/mol. The van der Waals surface area contributed by atoms with Crippen molar-refractivity contribution in [1.82, 2.24) is 10.2 Å². The molecule has 1 aliphatic rings. The van der Waals surface area contributed by atoms with E-state index in [1.807, 2.05) is 0 Å². The number of carbonyl (C=O) groups is 2. The Kier molecular flexibility index (Phi) is 7.17. The van der Waals surface area contributed by atoms with Crippen molar-refractivity contribution >= 4 is 17.6 Å². The molecule has 0 radical (unpaired) electrons. The van der Waals surface area contributed by atoms with E-state index in [9.17, 15) is 14.0 Å². The maximum atomic E-state index is 13.0. The molecule has 3 amide bonds. The first-order chi connectivity index (χ1) is 14.9. The van der Waals surface area contributed by atoms with Crippen molar-refractivity contribution in [2.24, 2.45) is 5.92 Å². The summed E-state index contributed by atoms with van der Waals surface area (Å²) in [5, 5.41) is 5.53. The molecule has 0 aliphatic carbocycles. The van der Waals surface area contributed by atoms with Crippen LogP contribution >= 0.6 is 0 Å². The number of methoxy groups -OCH3 is 3. The van der Waals surface area contributed by atoms with Crippen LogP contribution in [0.25, 0.3) is 0 Å². The smallest absolute Gasteiger partial charge is 0.319 e. The van der Waals surface area contributed by atoms with Gasteiger partial charge in [0.25, 0.3) is 0 Å². The van der Waals surface area contributed by atoms with Crippen LogP contribution in [0.5, 0.6) is 17.2 Å². The molecule has 9 heteroatoms. The Morgan fingerprint density at radius 3 is 2.32 bits per heavy atom. The van der Waals surface area contributed by atoms with Crippen LogP contribution in [0.3, 0.4) is 0 Å². The summed E-state index contributed by atoms with van der Waals surface area (Å²) >= 11 is 0. The second-order valence-electron chi connectivity index (χ2n) is 7.22. The standard InChI is InChI=1S/C22H26FN3O5/c1-29-18-9-17(10-19(30-2)21(18)31-3)25-22(28)24-11-15-8-20(27)26(13-15)12-14-4-6-16(23)7-5-14/h4-7,9-10,15H,8,11-13H2,1-3H3,(H2,24,25,28). The minimum absolute atomic E-state index is 0.00126. The van der Waals surface area contributed by atoms with Gasteiger partial charge in [-0.05, 0) is 17.7 Å². The number of carbonyl (C=O) groups excluding carboxylic acids is 2. The zero-order valence-electron chi connectivity index (χ0n) is 17.7. The highest BCUT2D eigenvalue weighted by atomic mass is 19.1. The Balaban J connectivity index is 1.53. The van der Waals surface area contributed by atoms with Crippen LogP contribution in [0.1, 0.15) is 12.0 Å². The minimum Gasteiger partial charge on any atom is -0.493 e. The van der Waals surface area contributed by atoms with E-state index in [0.717, 1.165) is 5.56 Å². The van der Waals surface area contributed by atoms with Crippen molar-refractivity contribution in [3.63, 3.8) is 0 Å². The lowest BCUT2D eigenvalue weighted by molar-refractivity contribution is -0.128. The maximum Gasteiger partial charge on any atom is 0.319 e. The number of amides is 3. The predicted molar refractivity (Wildman–Crippen MR) is 113 cm³/mol. The Hall–Kier alpha value is -3.49. The predicted octanol–water partition coefficient (Wildman–Crippen LogP) is 3.02. The lowest BCUT2D eigenvalue weighted by Gasteiger charge is -2.17. The third-order valence-electron chi connectivity index (χ3n) is 5.06. The molecule has 2 N–H and O–H groups in total. The second kappa shape index (κ2) is 10.0. The number of benzene rings is 2. The van der Waals surface area contributed by atoms with Crippen LogP contribution < -0.4 is 24.8 Å². The Morgan fingerprint density at radius 2 is 1.74 bits per heavy atom. The fraction of sp³-hybridized carbons (Fsp3) is 0.364. The van der Waals surface area contributed by atoms with Crippen LogP contribution in [0, 0.1) is 11.7 Å². The van der Waals surface area contributed by atoms with E-state index in [4.69, 9.17) is 14.2 Å². The molecule has 1 heterocycles. The molecule has 1 aliphatic heterocycles. The van der Waals surface area contributed by atoms with Gasteiger partial charge in [-0.25, -0.2) is 9.18 Å². The molecule has 0 bridgehead atoms. The summed E-state index contributed by atoms with van der Waals surface area (Å²) in [5.74, 6) is 0.989. The molecule has 2 aromatic rings. The van der Waals surface area contributed by atoms with Gasteiger partial charge in [0, 0.05) is 44.1 Å². The monoisotopic (exact) mass is 431 g/mol. The first-order valence-electron chi connectivity index (χ1n) is 9.80. The molecule has 0 spiro atoms. The number of rotatable bonds is 8. The number of halogens is 1. The molecule has 0 saturated carbocycles. The van der Waals surface area contributed by atoms with Crippen molar-refractivity contribution in [2.75, 3.05) is 39.7 Å². The summed E-state index contributed by atoms with van der Waals surface area (Å²) < 4.78 is 28.9. The van der Waals surface area contributed by atoms with Crippen molar-refractivity contribution in [1.29, 1.82) is 0 Å². The summed E-state index contributed by atoms with van der Waals surface area (Å²) in [6, 6.07) is 8.94. The molecule has 31 heavy (non-hydrogen) atoms. The number of anilines is 1. The Morgan fingerprint density at radius 1 is 1.10 bits per heavy atom. The van der Waals surface area contributed by atoms with Crippen molar-refractivity contribution < 1.29 is 28.2 Å². The van der Waals surface area contributed by atoms with Crippen LogP contribution in [-0.4, -0.2) is 51.3 Å². The van der Waals surface area contributed by atoms with E-state index < -0.39 is 6.03 Å². The fourth-order valence-electron chi connectivity index (χ4n) is 3.52. The number of urea groups is 1. The van der Waals surface area contributed by atoms with Gasteiger partial charge < -0.3 is 29.7 Å². The topological polar surface area (TPSA) is 89.1 Å². The zero-order valence-corrected chi connectivity index (χ0v) is 17.7. The minimum atomic E-state index is -0.404. The van der Waals surface area contributed by atoms with E-state index in [-0.39, 0.29) is 17.6 Å². The molecule has 1 saturated heterocycles. The average molecular weight is 431 g/mol. The molecule has 1 fully saturated rings. The first-order valence-corrected chi connectivity index (χ1v) is 9.80. The molecule has 1 unspecified atom stereocenters. The molecule has 3 rings (SSSR count). The molecule has 0 aromatic heterocycles. The Labute approximate surface area is 180 Å². The SMILES string of the molecule is COc1cc(NC(=O)NCC2CC(=O)N(Cc3ccc(F)cc3)C2)cc(OC)c1OC. The van der Waals surface area contributed by atoms with E-state index >= 15 is 0 Å². The number of hydrogen-bond acceptors (Lipinski definition) is 5. The summed E-state index contributed by atoms with van der Waals surface area (Å²) in [6.07, 6.45) is 0.353. The third kappa shape index (κ3) is 5.56. The first kappa shape index (κ1) is 22.2. The second-order valence-corrected chi connectivity index (χ2v) is 7.22. The van der Waals surface area contributed by atoms with Crippen molar-refractivity contribution in [3.05, 3.63) is 47.8 Å². The normalized spacial score (nSPS) is 15.5. The van der Waals surface area contributed by atoms with Gasteiger partial charge in [0.1, 0.15) is 5.82 Å². The van der Waals surface area contributed by atoms with Crippen molar-refractivity contribution in [3.8, 4) is 17.2 Å².